The van der Waals surface area contributed by atoms with Gasteiger partial charge in [0.1, 0.15) is 11.5 Å². The summed E-state index contributed by atoms with van der Waals surface area (Å²) < 4.78 is 16.2. The van der Waals surface area contributed by atoms with Crippen molar-refractivity contribution in [3.8, 4) is 11.1 Å². The third-order valence-corrected chi connectivity index (χ3v) is 5.91. The summed E-state index contributed by atoms with van der Waals surface area (Å²) in [6.07, 6.45) is 8.41. The number of pyridine rings is 1. The highest BCUT2D eigenvalue weighted by molar-refractivity contribution is 5.94. The predicted molar refractivity (Wildman–Crippen MR) is 112 cm³/mol. The van der Waals surface area contributed by atoms with Crippen molar-refractivity contribution in [2.75, 3.05) is 6.54 Å². The second kappa shape index (κ2) is 7.40. The number of hydrogen-bond donors (Lipinski definition) is 1. The van der Waals surface area contributed by atoms with Crippen LogP contribution in [0.25, 0.3) is 22.2 Å². The number of likely N-dealkylation sites (tertiary alicyclic amines) is 1. The number of carbonyl (C=O) groups excluding carboxylic acids is 1. The van der Waals surface area contributed by atoms with Gasteiger partial charge in [0.2, 0.25) is 0 Å². The van der Waals surface area contributed by atoms with Gasteiger partial charge in [0.25, 0.3) is 5.91 Å². The molecule has 1 saturated heterocycles. The van der Waals surface area contributed by atoms with Crippen LogP contribution in [0.2, 0.25) is 0 Å². The molecule has 0 unspecified atom stereocenters. The lowest BCUT2D eigenvalue weighted by molar-refractivity contribution is 0.0737. The van der Waals surface area contributed by atoms with Crippen molar-refractivity contribution in [3.63, 3.8) is 0 Å². The fraction of sp³-hybridized carbons (Fsp3) is 0.261. The van der Waals surface area contributed by atoms with Crippen LogP contribution in [0.4, 0.5) is 4.39 Å². The minimum absolute atomic E-state index is 0.0737. The Bertz CT molecular complexity index is 1200. The highest BCUT2D eigenvalue weighted by Crippen LogP contribution is 2.29. The second-order valence-electron chi connectivity index (χ2n) is 7.98. The number of H-pyrrole nitrogens is 1. The molecule has 7 heteroatoms. The van der Waals surface area contributed by atoms with Crippen LogP contribution < -0.4 is 0 Å². The zero-order valence-electron chi connectivity index (χ0n) is 16.6. The first-order valence-electron chi connectivity index (χ1n) is 10.1. The average molecular weight is 403 g/mol. The Morgan fingerprint density at radius 1 is 1.23 bits per heavy atom. The molecule has 30 heavy (non-hydrogen) atoms. The maximum absolute atomic E-state index is 14.1. The highest BCUT2D eigenvalue weighted by Gasteiger charge is 2.34. The van der Waals surface area contributed by atoms with Gasteiger partial charge in [-0.25, -0.2) is 9.37 Å². The molecule has 0 aliphatic carbocycles. The van der Waals surface area contributed by atoms with Gasteiger partial charge < -0.3 is 9.47 Å². The zero-order chi connectivity index (χ0) is 20.7. The van der Waals surface area contributed by atoms with Crippen molar-refractivity contribution in [1.82, 2.24) is 24.6 Å². The van der Waals surface area contributed by atoms with Crippen molar-refractivity contribution >= 4 is 16.9 Å². The van der Waals surface area contributed by atoms with Gasteiger partial charge in [-0.3, -0.25) is 9.89 Å². The van der Waals surface area contributed by atoms with Crippen LogP contribution in [0, 0.1) is 11.7 Å². The molecule has 2 atom stereocenters. The quantitative estimate of drug-likeness (QED) is 0.557. The number of benzene rings is 1. The Labute approximate surface area is 173 Å². The summed E-state index contributed by atoms with van der Waals surface area (Å²) in [6, 6.07) is 10.4. The number of nitrogens with one attached hydrogen (secondary N) is 1. The SMILES string of the molecule is C[C@@H]1C[C@@H](Cn2ccc3cc(-c4cn[nH]c4)cnc32)CN1C(=O)c1ccccc1F. The van der Waals surface area contributed by atoms with Crippen LogP contribution in [0.1, 0.15) is 23.7 Å². The van der Waals surface area contributed by atoms with E-state index in [0.29, 0.717) is 12.5 Å². The molecule has 0 radical (unpaired) electrons. The lowest BCUT2D eigenvalue weighted by Crippen LogP contribution is -2.34. The van der Waals surface area contributed by atoms with Crippen LogP contribution in [0.15, 0.2) is 61.2 Å². The van der Waals surface area contributed by atoms with E-state index in [1.54, 1.807) is 29.3 Å². The van der Waals surface area contributed by atoms with Crippen molar-refractivity contribution in [2.24, 2.45) is 5.92 Å². The number of nitrogens with zero attached hydrogens (tertiary/aromatic N) is 4. The van der Waals surface area contributed by atoms with Crippen LogP contribution >= 0.6 is 0 Å². The topological polar surface area (TPSA) is 66.8 Å². The minimum Gasteiger partial charge on any atom is -0.335 e. The molecule has 1 fully saturated rings. The summed E-state index contributed by atoms with van der Waals surface area (Å²) in [5, 5.41) is 7.89. The van der Waals surface area contributed by atoms with E-state index in [-0.39, 0.29) is 17.5 Å². The molecule has 1 N–H and O–H groups in total. The fourth-order valence-corrected chi connectivity index (χ4v) is 4.42. The number of carbonyl (C=O) groups is 1. The average Bonchev–Trinajstić information content (AvgIpc) is 3.48. The Morgan fingerprint density at radius 3 is 2.90 bits per heavy atom. The van der Waals surface area contributed by atoms with Gasteiger partial charge in [0, 0.05) is 54.2 Å². The number of halogens is 1. The molecule has 6 nitrogen and oxygen atoms in total. The molecule has 3 aromatic heterocycles. The van der Waals surface area contributed by atoms with Gasteiger partial charge in [-0.2, -0.15) is 5.10 Å². The van der Waals surface area contributed by atoms with Gasteiger partial charge in [-0.05, 0) is 43.5 Å². The maximum Gasteiger partial charge on any atom is 0.257 e. The number of rotatable bonds is 4. The van der Waals surface area contributed by atoms with Gasteiger partial charge in [-0.15, -0.1) is 0 Å². The van der Waals surface area contributed by atoms with E-state index < -0.39 is 5.82 Å². The lowest BCUT2D eigenvalue weighted by Gasteiger charge is -2.21. The predicted octanol–water partition coefficient (Wildman–Crippen LogP) is 4.12. The van der Waals surface area contributed by atoms with Gasteiger partial charge in [0.15, 0.2) is 0 Å². The third kappa shape index (κ3) is 3.26. The first kappa shape index (κ1) is 18.5. The van der Waals surface area contributed by atoms with Crippen LogP contribution in [0.3, 0.4) is 0 Å². The summed E-state index contributed by atoms with van der Waals surface area (Å²) in [5.74, 6) is -0.405. The summed E-state index contributed by atoms with van der Waals surface area (Å²) in [5.41, 5.74) is 3.09. The van der Waals surface area contributed by atoms with Crippen molar-refractivity contribution in [1.29, 1.82) is 0 Å². The van der Waals surface area contributed by atoms with E-state index in [9.17, 15) is 9.18 Å². The van der Waals surface area contributed by atoms with Crippen molar-refractivity contribution < 1.29 is 9.18 Å². The molecule has 0 spiro atoms. The summed E-state index contributed by atoms with van der Waals surface area (Å²) in [7, 11) is 0. The molecule has 5 rings (SSSR count). The number of amides is 1. The Kier molecular flexibility index (Phi) is 4.58. The van der Waals surface area contributed by atoms with E-state index >= 15 is 0 Å². The normalized spacial score (nSPS) is 18.9. The van der Waals surface area contributed by atoms with Crippen LogP contribution in [-0.4, -0.2) is 43.1 Å². The van der Waals surface area contributed by atoms with Crippen LogP contribution in [-0.2, 0) is 6.54 Å². The van der Waals surface area contributed by atoms with E-state index in [1.165, 1.54) is 6.07 Å². The van der Waals surface area contributed by atoms with E-state index in [2.05, 4.69) is 31.9 Å². The minimum atomic E-state index is -0.466. The smallest absolute Gasteiger partial charge is 0.257 e. The standard InChI is InChI=1S/C23H22FN5O/c1-15-8-16(14-29(15)23(30)20-4-2-3-5-21(20)24)13-28-7-6-17-9-18(10-25-22(17)28)19-11-26-27-12-19/h2-7,9-12,15-16H,8,13-14H2,1H3,(H,26,27)/t15-,16+/m1/s1. The van der Waals surface area contributed by atoms with Gasteiger partial charge in [0.05, 0.1) is 11.8 Å². The summed E-state index contributed by atoms with van der Waals surface area (Å²) >= 11 is 0. The van der Waals surface area contributed by atoms with E-state index in [4.69, 9.17) is 0 Å². The lowest BCUT2D eigenvalue weighted by atomic mass is 10.1. The van der Waals surface area contributed by atoms with E-state index in [1.807, 2.05) is 25.5 Å². The zero-order valence-corrected chi connectivity index (χ0v) is 16.6. The Hall–Kier alpha value is -3.48. The van der Waals surface area contributed by atoms with Crippen molar-refractivity contribution in [3.05, 3.63) is 72.6 Å². The maximum atomic E-state index is 14.1. The summed E-state index contributed by atoms with van der Waals surface area (Å²) in [6.45, 7) is 3.41. The molecule has 4 heterocycles. The monoisotopic (exact) mass is 403 g/mol. The van der Waals surface area contributed by atoms with Crippen LogP contribution in [0.5, 0.6) is 0 Å². The molecule has 0 bridgehead atoms. The second-order valence-corrected chi connectivity index (χ2v) is 7.98. The molecule has 1 aromatic carbocycles. The number of aromatic nitrogens is 4. The van der Waals surface area contributed by atoms with Gasteiger partial charge >= 0.3 is 0 Å². The van der Waals surface area contributed by atoms with E-state index in [0.717, 1.165) is 35.1 Å². The molecule has 1 aliphatic heterocycles. The highest BCUT2D eigenvalue weighted by atomic mass is 19.1. The molecule has 152 valence electrons. The van der Waals surface area contributed by atoms with Gasteiger partial charge in [-0.1, -0.05) is 12.1 Å². The van der Waals surface area contributed by atoms with Crippen molar-refractivity contribution in [2.45, 2.75) is 25.9 Å². The third-order valence-electron chi connectivity index (χ3n) is 5.91. The first-order valence-corrected chi connectivity index (χ1v) is 10.1. The Balaban J connectivity index is 1.33. The number of aromatic amines is 1. The molecule has 4 aromatic rings. The first-order chi connectivity index (χ1) is 14.6. The largest absolute Gasteiger partial charge is 0.335 e. The molecular formula is C23H22FN5O. The number of fused-ring (bicyclic) bond motifs is 1. The molecule has 0 saturated carbocycles. The summed E-state index contributed by atoms with van der Waals surface area (Å²) in [4.78, 5) is 19.3. The number of hydrogen-bond acceptors (Lipinski definition) is 3. The molecule has 1 aliphatic rings. The molecular weight excluding hydrogens is 381 g/mol. The Morgan fingerprint density at radius 2 is 2.10 bits per heavy atom. The molecule has 1 amide bonds. The fourth-order valence-electron chi connectivity index (χ4n) is 4.42.